The maximum absolute atomic E-state index is 12.2. The Hall–Kier alpha value is -1.63. The highest BCUT2D eigenvalue weighted by Gasteiger charge is 2.40. The van der Waals surface area contributed by atoms with Crippen LogP contribution in [-0.2, 0) is 14.4 Å². The SMILES string of the molecule is CC(NC(=O)C(C)(C)C)C(=O)N1C[C@H](O)C[C@@H]1C(=O)O. The van der Waals surface area contributed by atoms with Gasteiger partial charge in [0.25, 0.3) is 0 Å². The third-order valence-corrected chi connectivity index (χ3v) is 3.25. The average Bonchev–Trinajstić information content (AvgIpc) is 2.69. The number of aliphatic carboxylic acids is 1. The molecule has 0 aromatic rings. The monoisotopic (exact) mass is 286 g/mol. The molecule has 114 valence electrons. The van der Waals surface area contributed by atoms with Crippen LogP contribution in [0.5, 0.6) is 0 Å². The molecule has 1 aliphatic heterocycles. The van der Waals surface area contributed by atoms with E-state index in [9.17, 15) is 19.5 Å². The zero-order valence-electron chi connectivity index (χ0n) is 12.2. The van der Waals surface area contributed by atoms with E-state index in [0.29, 0.717) is 0 Å². The molecule has 0 aliphatic carbocycles. The van der Waals surface area contributed by atoms with Gasteiger partial charge in [-0.05, 0) is 6.92 Å². The number of carbonyl (C=O) groups is 3. The molecule has 1 rings (SSSR count). The van der Waals surface area contributed by atoms with Gasteiger partial charge in [-0.1, -0.05) is 20.8 Å². The Labute approximate surface area is 117 Å². The number of carboxylic acids is 1. The van der Waals surface area contributed by atoms with Crippen molar-refractivity contribution in [2.45, 2.75) is 52.3 Å². The minimum absolute atomic E-state index is 0.0149. The number of aliphatic hydroxyl groups is 1. The van der Waals surface area contributed by atoms with Crippen molar-refractivity contribution in [2.24, 2.45) is 5.41 Å². The first-order chi connectivity index (χ1) is 9.04. The summed E-state index contributed by atoms with van der Waals surface area (Å²) in [6.45, 7) is 6.65. The van der Waals surface area contributed by atoms with E-state index in [2.05, 4.69) is 5.32 Å². The summed E-state index contributed by atoms with van der Waals surface area (Å²) in [6, 6.07) is -1.86. The largest absolute Gasteiger partial charge is 0.480 e. The Morgan fingerprint density at radius 1 is 1.30 bits per heavy atom. The van der Waals surface area contributed by atoms with Gasteiger partial charge in [-0.2, -0.15) is 0 Å². The van der Waals surface area contributed by atoms with Gasteiger partial charge in [-0.15, -0.1) is 0 Å². The molecule has 7 nitrogen and oxygen atoms in total. The molecule has 7 heteroatoms. The van der Waals surface area contributed by atoms with Crippen LogP contribution in [0.1, 0.15) is 34.1 Å². The molecule has 0 spiro atoms. The van der Waals surface area contributed by atoms with Crippen molar-refractivity contribution in [3.8, 4) is 0 Å². The van der Waals surface area contributed by atoms with Crippen molar-refractivity contribution in [3.63, 3.8) is 0 Å². The highest BCUT2D eigenvalue weighted by atomic mass is 16.4. The summed E-state index contributed by atoms with van der Waals surface area (Å²) < 4.78 is 0. The standard InChI is InChI=1S/C13H22N2O5/c1-7(14-12(20)13(2,3)4)10(17)15-6-8(16)5-9(15)11(18)19/h7-9,16H,5-6H2,1-4H3,(H,14,20)(H,18,19)/t7?,8-,9-/m1/s1. The van der Waals surface area contributed by atoms with Crippen LogP contribution in [0.2, 0.25) is 0 Å². The van der Waals surface area contributed by atoms with Crippen molar-refractivity contribution in [1.29, 1.82) is 0 Å². The number of aliphatic hydroxyl groups excluding tert-OH is 1. The molecule has 1 aliphatic rings. The number of nitrogens with zero attached hydrogens (tertiary/aromatic N) is 1. The lowest BCUT2D eigenvalue weighted by molar-refractivity contribution is -0.149. The predicted molar refractivity (Wildman–Crippen MR) is 70.8 cm³/mol. The number of amides is 2. The lowest BCUT2D eigenvalue weighted by atomic mass is 9.95. The van der Waals surface area contributed by atoms with E-state index in [1.54, 1.807) is 20.8 Å². The van der Waals surface area contributed by atoms with Crippen LogP contribution >= 0.6 is 0 Å². The van der Waals surface area contributed by atoms with E-state index in [4.69, 9.17) is 5.11 Å². The lowest BCUT2D eigenvalue weighted by Crippen LogP contribution is -2.52. The number of hydrogen-bond donors (Lipinski definition) is 3. The Bertz CT molecular complexity index is 415. The van der Waals surface area contributed by atoms with Crippen molar-refractivity contribution in [2.75, 3.05) is 6.54 Å². The minimum Gasteiger partial charge on any atom is -0.480 e. The molecule has 0 radical (unpaired) electrons. The molecule has 1 saturated heterocycles. The highest BCUT2D eigenvalue weighted by Crippen LogP contribution is 2.20. The molecule has 20 heavy (non-hydrogen) atoms. The van der Waals surface area contributed by atoms with Crippen molar-refractivity contribution in [3.05, 3.63) is 0 Å². The third-order valence-electron chi connectivity index (χ3n) is 3.25. The number of carbonyl (C=O) groups excluding carboxylic acids is 2. The van der Waals surface area contributed by atoms with Crippen LogP contribution in [0.15, 0.2) is 0 Å². The summed E-state index contributed by atoms with van der Waals surface area (Å²) in [6.07, 6.45) is -0.827. The summed E-state index contributed by atoms with van der Waals surface area (Å²) >= 11 is 0. The molecule has 2 amide bonds. The van der Waals surface area contributed by atoms with Gasteiger partial charge in [0, 0.05) is 18.4 Å². The fraction of sp³-hybridized carbons (Fsp3) is 0.769. The number of β-amino-alcohol motifs (C(OH)–C–C–N with tert-alkyl or cyclic N) is 1. The molecule has 0 aromatic carbocycles. The van der Waals surface area contributed by atoms with Crippen LogP contribution in [0.25, 0.3) is 0 Å². The highest BCUT2D eigenvalue weighted by molar-refractivity contribution is 5.91. The van der Waals surface area contributed by atoms with Gasteiger partial charge in [0.15, 0.2) is 0 Å². The zero-order valence-corrected chi connectivity index (χ0v) is 12.2. The summed E-state index contributed by atoms with van der Waals surface area (Å²) in [7, 11) is 0. The molecule has 1 heterocycles. The minimum atomic E-state index is -1.15. The van der Waals surface area contributed by atoms with Gasteiger partial charge in [-0.25, -0.2) is 4.79 Å². The fourth-order valence-corrected chi connectivity index (χ4v) is 2.02. The maximum atomic E-state index is 12.2. The Balaban J connectivity index is 2.74. The van der Waals surface area contributed by atoms with Crippen LogP contribution in [-0.4, -0.2) is 57.6 Å². The van der Waals surface area contributed by atoms with Gasteiger partial charge in [-0.3, -0.25) is 9.59 Å². The molecule has 0 aromatic heterocycles. The van der Waals surface area contributed by atoms with Crippen LogP contribution in [0.3, 0.4) is 0 Å². The van der Waals surface area contributed by atoms with E-state index in [1.807, 2.05) is 0 Å². The van der Waals surface area contributed by atoms with Gasteiger partial charge in [0.1, 0.15) is 12.1 Å². The molecule has 3 N–H and O–H groups in total. The first-order valence-corrected chi connectivity index (χ1v) is 6.56. The van der Waals surface area contributed by atoms with E-state index in [0.717, 1.165) is 4.90 Å². The number of hydrogen-bond acceptors (Lipinski definition) is 4. The van der Waals surface area contributed by atoms with E-state index < -0.39 is 35.5 Å². The van der Waals surface area contributed by atoms with Crippen molar-refractivity contribution >= 4 is 17.8 Å². The summed E-state index contributed by atoms with van der Waals surface area (Å²) in [4.78, 5) is 36.2. The molecule has 1 unspecified atom stereocenters. The van der Waals surface area contributed by atoms with Gasteiger partial charge >= 0.3 is 5.97 Å². The third kappa shape index (κ3) is 3.69. The second kappa shape index (κ2) is 5.78. The summed E-state index contributed by atoms with van der Waals surface area (Å²) in [5.41, 5.74) is -0.634. The Kier molecular flexibility index (Phi) is 4.75. The van der Waals surface area contributed by atoms with Crippen LogP contribution in [0.4, 0.5) is 0 Å². The molecular formula is C13H22N2O5. The number of rotatable bonds is 3. The van der Waals surface area contributed by atoms with Gasteiger partial charge < -0.3 is 20.4 Å². The second-order valence-corrected chi connectivity index (χ2v) is 6.18. The van der Waals surface area contributed by atoms with Crippen LogP contribution in [0, 0.1) is 5.41 Å². The van der Waals surface area contributed by atoms with Gasteiger partial charge in [0.05, 0.1) is 6.10 Å². The van der Waals surface area contributed by atoms with E-state index in [1.165, 1.54) is 6.92 Å². The second-order valence-electron chi connectivity index (χ2n) is 6.18. The molecular weight excluding hydrogens is 264 g/mol. The molecule has 1 fully saturated rings. The van der Waals surface area contributed by atoms with Gasteiger partial charge in [0.2, 0.25) is 11.8 Å². The first kappa shape index (κ1) is 16.4. The fourth-order valence-electron chi connectivity index (χ4n) is 2.02. The number of nitrogens with one attached hydrogen (secondary N) is 1. The maximum Gasteiger partial charge on any atom is 0.326 e. The topological polar surface area (TPSA) is 107 Å². The lowest BCUT2D eigenvalue weighted by Gasteiger charge is -2.27. The number of likely N-dealkylation sites (tertiary alicyclic amines) is 1. The summed E-state index contributed by atoms with van der Waals surface area (Å²) in [5, 5.41) is 21.1. The van der Waals surface area contributed by atoms with E-state index >= 15 is 0 Å². The Morgan fingerprint density at radius 2 is 1.85 bits per heavy atom. The van der Waals surface area contributed by atoms with E-state index in [-0.39, 0.29) is 18.9 Å². The number of carboxylic acid groups (broad SMARTS) is 1. The molecule has 3 atom stereocenters. The molecule has 0 saturated carbocycles. The van der Waals surface area contributed by atoms with Crippen molar-refractivity contribution < 1.29 is 24.6 Å². The Morgan fingerprint density at radius 3 is 2.30 bits per heavy atom. The molecule has 0 bridgehead atoms. The normalized spacial score (nSPS) is 24.4. The average molecular weight is 286 g/mol. The quantitative estimate of drug-likeness (QED) is 0.653. The van der Waals surface area contributed by atoms with Crippen molar-refractivity contribution in [1.82, 2.24) is 10.2 Å². The zero-order chi connectivity index (χ0) is 15.7. The van der Waals surface area contributed by atoms with Crippen LogP contribution < -0.4 is 5.32 Å². The summed E-state index contributed by atoms with van der Waals surface area (Å²) in [5.74, 6) is -1.93. The first-order valence-electron chi connectivity index (χ1n) is 6.56. The smallest absolute Gasteiger partial charge is 0.326 e. The predicted octanol–water partition coefficient (Wildman–Crippen LogP) is -0.416.